The molecule has 0 radical (unpaired) electrons. The minimum absolute atomic E-state index is 0.0892. The Morgan fingerprint density at radius 2 is 2.50 bits per heavy atom. The number of nitrogens with zero attached hydrogens (tertiary/aromatic N) is 2. The van der Waals surface area contributed by atoms with Crippen LogP contribution in [0.3, 0.4) is 0 Å². The summed E-state index contributed by atoms with van der Waals surface area (Å²) in [6, 6.07) is 0.0892. The van der Waals surface area contributed by atoms with Crippen LogP contribution in [0, 0.1) is 0 Å². The summed E-state index contributed by atoms with van der Waals surface area (Å²) in [5.74, 6) is 0.142. The fourth-order valence-corrected chi connectivity index (χ4v) is 2.59. The number of carbonyl (C=O) groups is 1. The van der Waals surface area contributed by atoms with Crippen molar-refractivity contribution in [2.24, 2.45) is 0 Å². The number of anilines is 2. The summed E-state index contributed by atoms with van der Waals surface area (Å²) in [6.07, 6.45) is 0.853. The lowest BCUT2D eigenvalue weighted by atomic mass is 10.2. The number of rotatable bonds is 4. The molecule has 1 aliphatic rings. The van der Waals surface area contributed by atoms with Crippen LogP contribution in [0.5, 0.6) is 0 Å². The van der Waals surface area contributed by atoms with Crippen LogP contribution in [0.4, 0.5) is 10.9 Å². The Morgan fingerprint density at radius 1 is 1.72 bits per heavy atom. The Bertz CT molecular complexity index is 429. The van der Waals surface area contributed by atoms with Gasteiger partial charge in [0.2, 0.25) is 0 Å². The van der Waals surface area contributed by atoms with Crippen molar-refractivity contribution >= 4 is 28.2 Å². The van der Waals surface area contributed by atoms with Gasteiger partial charge >= 0.3 is 0 Å². The van der Waals surface area contributed by atoms with Gasteiger partial charge in [0.25, 0.3) is 5.91 Å². The number of hydrogen-bond acceptors (Lipinski definition) is 6. The van der Waals surface area contributed by atoms with E-state index >= 15 is 0 Å². The molecule has 1 saturated heterocycles. The fraction of sp³-hybridized carbons (Fsp3) is 0.636. The molecule has 1 unspecified atom stereocenters. The maximum Gasteiger partial charge on any atom is 0.265 e. The highest BCUT2D eigenvalue weighted by Gasteiger charge is 2.22. The largest absolute Gasteiger partial charge is 0.382 e. The van der Waals surface area contributed by atoms with Gasteiger partial charge in [-0.15, -0.1) is 0 Å². The summed E-state index contributed by atoms with van der Waals surface area (Å²) in [5.41, 5.74) is 5.79. The monoisotopic (exact) mass is 270 g/mol. The minimum Gasteiger partial charge on any atom is -0.382 e. The average molecular weight is 270 g/mol. The van der Waals surface area contributed by atoms with E-state index in [0.29, 0.717) is 23.9 Å². The molecule has 7 heteroatoms. The van der Waals surface area contributed by atoms with E-state index in [9.17, 15) is 4.79 Å². The summed E-state index contributed by atoms with van der Waals surface area (Å²) in [5, 5.41) is 3.68. The Hall–Kier alpha value is -1.34. The van der Waals surface area contributed by atoms with Crippen molar-refractivity contribution in [2.75, 3.05) is 37.4 Å². The summed E-state index contributed by atoms with van der Waals surface area (Å²) >= 11 is 1.32. The van der Waals surface area contributed by atoms with Gasteiger partial charge in [0.05, 0.1) is 12.6 Å². The van der Waals surface area contributed by atoms with Crippen molar-refractivity contribution in [3.05, 3.63) is 4.88 Å². The molecule has 0 spiro atoms. The lowest BCUT2D eigenvalue weighted by Crippen LogP contribution is -2.34. The lowest BCUT2D eigenvalue weighted by Gasteiger charge is -2.11. The molecule has 1 amide bonds. The van der Waals surface area contributed by atoms with E-state index in [1.165, 1.54) is 11.3 Å². The van der Waals surface area contributed by atoms with E-state index in [2.05, 4.69) is 10.3 Å². The van der Waals surface area contributed by atoms with Gasteiger partial charge in [0, 0.05) is 20.2 Å². The van der Waals surface area contributed by atoms with Crippen LogP contribution in [0.1, 0.15) is 23.0 Å². The highest BCUT2D eigenvalue weighted by atomic mass is 32.1. The Kier molecular flexibility index (Phi) is 4.03. The van der Waals surface area contributed by atoms with Gasteiger partial charge in [-0.3, -0.25) is 4.79 Å². The zero-order valence-electron chi connectivity index (χ0n) is 10.6. The second kappa shape index (κ2) is 5.53. The van der Waals surface area contributed by atoms with Crippen LogP contribution in [-0.2, 0) is 4.74 Å². The van der Waals surface area contributed by atoms with Gasteiger partial charge < -0.3 is 20.7 Å². The van der Waals surface area contributed by atoms with Crippen molar-refractivity contribution in [3.8, 4) is 0 Å². The number of nitrogens with two attached hydrogens (primary N) is 1. The predicted molar refractivity (Wildman–Crippen MR) is 72.2 cm³/mol. The number of carbonyl (C=O) groups excluding carboxylic acids is 1. The summed E-state index contributed by atoms with van der Waals surface area (Å²) in [6.45, 7) is 4.12. The molecule has 1 fully saturated rings. The lowest BCUT2D eigenvalue weighted by molar-refractivity contribution is 0.0934. The molecule has 1 atom stereocenters. The van der Waals surface area contributed by atoms with Crippen molar-refractivity contribution < 1.29 is 9.53 Å². The molecule has 3 N–H and O–H groups in total. The molecule has 0 saturated carbocycles. The van der Waals surface area contributed by atoms with Gasteiger partial charge in [0.1, 0.15) is 10.7 Å². The number of nitrogen functional groups attached to an aromatic ring is 1. The maximum atomic E-state index is 12.1. The summed E-state index contributed by atoms with van der Waals surface area (Å²) in [4.78, 5) is 18.7. The molecule has 1 aliphatic heterocycles. The van der Waals surface area contributed by atoms with Gasteiger partial charge in [-0.2, -0.15) is 0 Å². The number of amides is 1. The topological polar surface area (TPSA) is 80.5 Å². The third-order valence-corrected chi connectivity index (χ3v) is 4.10. The molecule has 0 bridgehead atoms. The molecule has 6 nitrogen and oxygen atoms in total. The number of aromatic nitrogens is 1. The first-order chi connectivity index (χ1) is 8.61. The van der Waals surface area contributed by atoms with Crippen molar-refractivity contribution in [1.29, 1.82) is 0 Å². The average Bonchev–Trinajstić information content (AvgIpc) is 2.97. The molecule has 2 heterocycles. The molecular weight excluding hydrogens is 252 g/mol. The van der Waals surface area contributed by atoms with Crippen LogP contribution in [0.2, 0.25) is 0 Å². The quantitative estimate of drug-likeness (QED) is 0.842. The Balaban J connectivity index is 2.07. The molecule has 18 heavy (non-hydrogen) atoms. The van der Waals surface area contributed by atoms with Gasteiger partial charge in [-0.25, -0.2) is 4.98 Å². The first-order valence-electron chi connectivity index (χ1n) is 5.97. The van der Waals surface area contributed by atoms with E-state index in [4.69, 9.17) is 10.5 Å². The zero-order valence-corrected chi connectivity index (χ0v) is 11.4. The zero-order chi connectivity index (χ0) is 13.1. The van der Waals surface area contributed by atoms with Crippen LogP contribution >= 0.6 is 11.3 Å². The SMILES string of the molecule is CCN(C)c1nc(N)c(C(=O)NC2CCOC2)s1. The first kappa shape index (κ1) is 13.1. The summed E-state index contributed by atoms with van der Waals surface area (Å²) in [7, 11) is 1.92. The second-order valence-electron chi connectivity index (χ2n) is 4.26. The van der Waals surface area contributed by atoms with Gasteiger partial charge in [0.15, 0.2) is 5.13 Å². The van der Waals surface area contributed by atoms with Crippen molar-refractivity contribution in [1.82, 2.24) is 10.3 Å². The maximum absolute atomic E-state index is 12.1. The van der Waals surface area contributed by atoms with Crippen LogP contribution < -0.4 is 16.0 Å². The molecule has 2 rings (SSSR count). The highest BCUT2D eigenvalue weighted by molar-refractivity contribution is 7.18. The van der Waals surface area contributed by atoms with E-state index < -0.39 is 0 Å². The minimum atomic E-state index is -0.156. The van der Waals surface area contributed by atoms with Crippen LogP contribution in [0.15, 0.2) is 0 Å². The van der Waals surface area contributed by atoms with E-state index in [1.807, 2.05) is 18.9 Å². The van der Waals surface area contributed by atoms with Crippen molar-refractivity contribution in [2.45, 2.75) is 19.4 Å². The highest BCUT2D eigenvalue weighted by Crippen LogP contribution is 2.27. The molecule has 1 aromatic heterocycles. The van der Waals surface area contributed by atoms with Crippen LogP contribution in [-0.4, -0.2) is 43.7 Å². The fourth-order valence-electron chi connectivity index (χ4n) is 1.68. The molecule has 1 aromatic rings. The third kappa shape index (κ3) is 2.73. The standard InChI is InChI=1S/C11H18N4O2S/c1-3-15(2)11-14-9(12)8(18-11)10(16)13-7-4-5-17-6-7/h7H,3-6,12H2,1-2H3,(H,13,16). The van der Waals surface area contributed by atoms with Crippen LogP contribution in [0.25, 0.3) is 0 Å². The number of thiazole rings is 1. The van der Waals surface area contributed by atoms with E-state index in [0.717, 1.165) is 18.1 Å². The summed E-state index contributed by atoms with van der Waals surface area (Å²) < 4.78 is 5.22. The Labute approximate surface area is 110 Å². The smallest absolute Gasteiger partial charge is 0.265 e. The first-order valence-corrected chi connectivity index (χ1v) is 6.79. The number of hydrogen-bond donors (Lipinski definition) is 2. The number of ether oxygens (including phenoxy) is 1. The predicted octanol–water partition coefficient (Wildman–Crippen LogP) is 0.700. The van der Waals surface area contributed by atoms with Gasteiger partial charge in [-0.05, 0) is 13.3 Å². The molecular formula is C11H18N4O2S. The van der Waals surface area contributed by atoms with E-state index in [-0.39, 0.29) is 11.9 Å². The normalized spacial score (nSPS) is 18.9. The number of nitrogens with one attached hydrogen (secondary N) is 1. The Morgan fingerprint density at radius 3 is 3.11 bits per heavy atom. The molecule has 0 aliphatic carbocycles. The van der Waals surface area contributed by atoms with Crippen molar-refractivity contribution in [3.63, 3.8) is 0 Å². The second-order valence-corrected chi connectivity index (χ2v) is 5.24. The molecule has 0 aromatic carbocycles. The van der Waals surface area contributed by atoms with Gasteiger partial charge in [-0.1, -0.05) is 11.3 Å². The third-order valence-electron chi connectivity index (χ3n) is 2.91. The molecule has 100 valence electrons. The van der Waals surface area contributed by atoms with E-state index in [1.54, 1.807) is 0 Å².